The van der Waals surface area contributed by atoms with E-state index < -0.39 is 16.9 Å². The normalized spacial score (nSPS) is 21.4. The van der Waals surface area contributed by atoms with E-state index in [4.69, 9.17) is 4.42 Å². The molecular weight excluding hydrogens is 314 g/mol. The smallest absolute Gasteiger partial charge is 0.372 e. The molecule has 1 aromatic heterocycles. The van der Waals surface area contributed by atoms with Gasteiger partial charge >= 0.3 is 11.4 Å². The minimum Gasteiger partial charge on any atom is -0.372 e. The third-order valence-electron chi connectivity index (χ3n) is 5.46. The Morgan fingerprint density at radius 1 is 1.04 bits per heavy atom. The van der Waals surface area contributed by atoms with Gasteiger partial charge < -0.3 is 4.42 Å². The van der Waals surface area contributed by atoms with Gasteiger partial charge in [0.15, 0.2) is 0 Å². The third kappa shape index (κ3) is 2.13. The van der Waals surface area contributed by atoms with E-state index in [1.165, 1.54) is 5.56 Å². The summed E-state index contributed by atoms with van der Waals surface area (Å²) in [5.74, 6) is -0.581. The van der Waals surface area contributed by atoms with E-state index in [1.807, 2.05) is 45.0 Å². The lowest BCUT2D eigenvalue weighted by atomic mass is 9.66. The Morgan fingerprint density at radius 2 is 1.72 bits per heavy atom. The molecule has 0 amide bonds. The molecule has 3 aromatic rings. The van der Waals surface area contributed by atoms with Crippen molar-refractivity contribution in [1.82, 2.24) is 4.57 Å². The van der Waals surface area contributed by atoms with Gasteiger partial charge in [-0.25, -0.2) is 9.59 Å². The molecule has 25 heavy (non-hydrogen) atoms. The van der Waals surface area contributed by atoms with Gasteiger partial charge in [0.05, 0.1) is 10.9 Å². The van der Waals surface area contributed by atoms with Gasteiger partial charge in [0.1, 0.15) is 0 Å². The van der Waals surface area contributed by atoms with Crippen LogP contribution in [0.15, 0.2) is 56.5 Å². The predicted molar refractivity (Wildman–Crippen MR) is 98.3 cm³/mol. The summed E-state index contributed by atoms with van der Waals surface area (Å²) >= 11 is 0. The highest BCUT2D eigenvalue weighted by atomic mass is 16.4. The molecule has 0 saturated heterocycles. The van der Waals surface area contributed by atoms with Crippen LogP contribution in [0.1, 0.15) is 43.9 Å². The minimum absolute atomic E-state index is 0.296. The lowest BCUT2D eigenvalue weighted by molar-refractivity contribution is 0.226. The van der Waals surface area contributed by atoms with Crippen LogP contribution in [-0.4, -0.2) is 4.57 Å². The summed E-state index contributed by atoms with van der Waals surface area (Å²) in [4.78, 5) is 24.9. The van der Waals surface area contributed by atoms with Crippen LogP contribution in [0.3, 0.4) is 0 Å². The zero-order valence-corrected chi connectivity index (χ0v) is 14.9. The number of nitrogens with zero attached hydrogens (tertiary/aromatic N) is 1. The highest BCUT2D eigenvalue weighted by Crippen LogP contribution is 2.47. The van der Waals surface area contributed by atoms with Gasteiger partial charge in [0.2, 0.25) is 0 Å². The number of aryl methyl sites for hydroxylation is 1. The van der Waals surface area contributed by atoms with Gasteiger partial charge in [-0.1, -0.05) is 43.3 Å². The highest BCUT2D eigenvalue weighted by molar-refractivity contribution is 5.84. The summed E-state index contributed by atoms with van der Waals surface area (Å²) < 4.78 is 6.67. The Kier molecular flexibility index (Phi) is 3.14. The molecule has 4 nitrogen and oxygen atoms in total. The molecule has 2 aromatic carbocycles. The monoisotopic (exact) mass is 335 g/mol. The molecule has 1 atom stereocenters. The zero-order chi connectivity index (χ0) is 18.0. The lowest BCUT2D eigenvalue weighted by Crippen LogP contribution is -2.47. The Morgan fingerprint density at radius 3 is 2.40 bits per heavy atom. The van der Waals surface area contributed by atoms with Crippen LogP contribution in [0.25, 0.3) is 10.9 Å². The molecule has 1 aliphatic heterocycles. The van der Waals surface area contributed by atoms with E-state index in [0.29, 0.717) is 10.9 Å². The SMILES string of the molecule is Cc1cc2c3c(c1)c(=O)oc(=O)n3C(C)(C)C[C@]2(C)c1ccccc1. The molecule has 4 rings (SSSR count). The number of benzene rings is 2. The maximum Gasteiger partial charge on any atom is 0.422 e. The summed E-state index contributed by atoms with van der Waals surface area (Å²) in [6, 6.07) is 14.2. The van der Waals surface area contributed by atoms with Crippen LogP contribution in [0.2, 0.25) is 0 Å². The maximum atomic E-state index is 12.5. The molecule has 0 saturated carbocycles. The molecule has 1 aliphatic rings. The third-order valence-corrected chi connectivity index (χ3v) is 5.46. The molecule has 0 radical (unpaired) electrons. The summed E-state index contributed by atoms with van der Waals surface area (Å²) in [6.07, 6.45) is 0.739. The van der Waals surface area contributed by atoms with E-state index in [0.717, 1.165) is 17.5 Å². The van der Waals surface area contributed by atoms with Crippen molar-refractivity contribution in [3.05, 3.63) is 80.1 Å². The summed E-state index contributed by atoms with van der Waals surface area (Å²) in [5.41, 5.74) is 2.56. The van der Waals surface area contributed by atoms with Crippen molar-refractivity contribution < 1.29 is 4.42 Å². The minimum atomic E-state index is -0.581. The van der Waals surface area contributed by atoms with E-state index in [2.05, 4.69) is 25.1 Å². The van der Waals surface area contributed by atoms with E-state index in [-0.39, 0.29) is 5.41 Å². The number of rotatable bonds is 1. The van der Waals surface area contributed by atoms with Crippen LogP contribution < -0.4 is 11.4 Å². The molecule has 0 unspecified atom stereocenters. The van der Waals surface area contributed by atoms with Gasteiger partial charge in [-0.05, 0) is 49.9 Å². The second-order valence-electron chi connectivity index (χ2n) is 7.89. The van der Waals surface area contributed by atoms with Crippen LogP contribution >= 0.6 is 0 Å². The van der Waals surface area contributed by atoms with Crippen molar-refractivity contribution in [2.75, 3.05) is 0 Å². The number of hydrogen-bond acceptors (Lipinski definition) is 3. The lowest BCUT2D eigenvalue weighted by Gasteiger charge is -2.45. The van der Waals surface area contributed by atoms with Crippen LogP contribution in [0.4, 0.5) is 0 Å². The number of hydrogen-bond donors (Lipinski definition) is 0. The van der Waals surface area contributed by atoms with Crippen LogP contribution in [0.5, 0.6) is 0 Å². The fourth-order valence-corrected chi connectivity index (χ4v) is 4.52. The molecule has 4 heteroatoms. The van der Waals surface area contributed by atoms with Crippen molar-refractivity contribution in [3.8, 4) is 0 Å². The maximum absolute atomic E-state index is 12.5. The molecule has 0 bridgehead atoms. The standard InChI is InChI=1S/C21H21NO3/c1-13-10-15-17-16(11-13)21(4,14-8-6-5-7-9-14)12-20(2,3)22(17)19(24)25-18(15)23/h5-11H,12H2,1-4H3/t21-/m1/s1. The molecular formula is C21H21NO3. The first-order chi connectivity index (χ1) is 11.7. The largest absolute Gasteiger partial charge is 0.422 e. The Balaban J connectivity index is 2.25. The van der Waals surface area contributed by atoms with Crippen molar-refractivity contribution in [1.29, 1.82) is 0 Å². The zero-order valence-electron chi connectivity index (χ0n) is 14.9. The summed E-state index contributed by atoms with van der Waals surface area (Å²) in [5, 5.41) is 0.476. The van der Waals surface area contributed by atoms with Gasteiger partial charge in [0.25, 0.3) is 0 Å². The Hall–Kier alpha value is -2.62. The average molecular weight is 335 g/mol. The quantitative estimate of drug-likeness (QED) is 0.681. The van der Waals surface area contributed by atoms with Gasteiger partial charge in [0, 0.05) is 11.0 Å². The summed E-state index contributed by atoms with van der Waals surface area (Å²) in [6.45, 7) is 8.21. The highest BCUT2D eigenvalue weighted by Gasteiger charge is 2.44. The second-order valence-corrected chi connectivity index (χ2v) is 7.89. The topological polar surface area (TPSA) is 52.2 Å². The molecule has 128 valence electrons. The first-order valence-corrected chi connectivity index (χ1v) is 8.51. The van der Waals surface area contributed by atoms with Crippen molar-refractivity contribution >= 4 is 10.9 Å². The van der Waals surface area contributed by atoms with Gasteiger partial charge in [-0.3, -0.25) is 4.57 Å². The van der Waals surface area contributed by atoms with Crippen molar-refractivity contribution in [2.45, 2.75) is 45.1 Å². The summed E-state index contributed by atoms with van der Waals surface area (Å²) in [7, 11) is 0. The van der Waals surface area contributed by atoms with E-state index in [9.17, 15) is 9.59 Å². The molecule has 2 heterocycles. The fourth-order valence-electron chi connectivity index (χ4n) is 4.52. The van der Waals surface area contributed by atoms with E-state index >= 15 is 0 Å². The van der Waals surface area contributed by atoms with Crippen LogP contribution in [-0.2, 0) is 11.0 Å². The average Bonchev–Trinajstić information content (AvgIpc) is 2.54. The molecule has 0 spiro atoms. The Labute approximate surface area is 145 Å². The molecule has 0 fully saturated rings. The predicted octanol–water partition coefficient (Wildman–Crippen LogP) is 3.71. The Bertz CT molecular complexity index is 1110. The first-order valence-electron chi connectivity index (χ1n) is 8.51. The second kappa shape index (κ2) is 4.94. The van der Waals surface area contributed by atoms with Crippen molar-refractivity contribution in [2.24, 2.45) is 0 Å². The molecule has 0 N–H and O–H groups in total. The van der Waals surface area contributed by atoms with Gasteiger partial charge in [-0.15, -0.1) is 0 Å². The fraction of sp³-hybridized carbons (Fsp3) is 0.333. The molecule has 0 aliphatic carbocycles. The van der Waals surface area contributed by atoms with Crippen molar-refractivity contribution in [3.63, 3.8) is 0 Å². The number of aromatic nitrogens is 1. The first kappa shape index (κ1) is 15.9. The van der Waals surface area contributed by atoms with Gasteiger partial charge in [-0.2, -0.15) is 0 Å². The van der Waals surface area contributed by atoms with E-state index in [1.54, 1.807) is 4.57 Å². The van der Waals surface area contributed by atoms with Crippen LogP contribution in [0, 0.1) is 6.92 Å².